The first-order valence-electron chi connectivity index (χ1n) is 6.04. The molecule has 0 amide bonds. The van der Waals surface area contributed by atoms with Crippen molar-refractivity contribution in [3.05, 3.63) is 66.4 Å². The van der Waals surface area contributed by atoms with Gasteiger partial charge in [0, 0.05) is 0 Å². The number of rotatable bonds is 4. The Morgan fingerprint density at radius 1 is 0.833 bits per heavy atom. The van der Waals surface area contributed by atoms with Crippen LogP contribution in [-0.4, -0.2) is 9.04 Å². The monoisotopic (exact) mass is 253 g/mol. The van der Waals surface area contributed by atoms with Crippen molar-refractivity contribution < 1.29 is 4.43 Å². The second kappa shape index (κ2) is 6.22. The molecule has 0 aliphatic carbocycles. The van der Waals surface area contributed by atoms with Crippen LogP contribution < -0.4 is 0 Å². The van der Waals surface area contributed by atoms with Gasteiger partial charge in [0.1, 0.15) is 0 Å². The van der Waals surface area contributed by atoms with Crippen LogP contribution in [0.4, 0.5) is 0 Å². The number of hydrogen-bond donors (Lipinski definition) is 0. The van der Waals surface area contributed by atoms with Gasteiger partial charge in [-0.1, -0.05) is 54.6 Å². The van der Waals surface area contributed by atoms with Crippen LogP contribution in [0.2, 0.25) is 13.1 Å². The molecule has 0 fully saturated rings. The third kappa shape index (κ3) is 3.60. The molecule has 0 bridgehead atoms. The molecule has 0 saturated carbocycles. The first-order chi connectivity index (χ1) is 8.75. The third-order valence-corrected chi connectivity index (χ3v) is 3.19. The van der Waals surface area contributed by atoms with E-state index in [1.807, 2.05) is 12.1 Å². The van der Waals surface area contributed by atoms with Crippen molar-refractivity contribution in [3.8, 4) is 11.1 Å². The SMILES string of the molecule is C[Si](C)OC=Cc1ccc(-c2ccccc2)cc1. The Morgan fingerprint density at radius 2 is 1.44 bits per heavy atom. The molecule has 0 atom stereocenters. The molecule has 2 rings (SSSR count). The van der Waals surface area contributed by atoms with Gasteiger partial charge in [-0.25, -0.2) is 0 Å². The zero-order valence-electron chi connectivity index (χ0n) is 10.8. The second-order valence-electron chi connectivity index (χ2n) is 4.32. The molecule has 0 aliphatic heterocycles. The van der Waals surface area contributed by atoms with Crippen LogP contribution in [0.1, 0.15) is 5.56 Å². The molecule has 0 spiro atoms. The lowest BCUT2D eigenvalue weighted by Gasteiger charge is -2.03. The Morgan fingerprint density at radius 3 is 2.06 bits per heavy atom. The molecule has 2 heteroatoms. The van der Waals surface area contributed by atoms with E-state index in [9.17, 15) is 0 Å². The average molecular weight is 253 g/mol. The topological polar surface area (TPSA) is 9.23 Å². The summed E-state index contributed by atoms with van der Waals surface area (Å²) in [5.74, 6) is 0. The van der Waals surface area contributed by atoms with Crippen LogP contribution in [0.3, 0.4) is 0 Å². The Kier molecular flexibility index (Phi) is 4.37. The summed E-state index contributed by atoms with van der Waals surface area (Å²) in [6.07, 6.45) is 3.80. The van der Waals surface area contributed by atoms with E-state index < -0.39 is 9.04 Å². The van der Waals surface area contributed by atoms with Gasteiger partial charge in [-0.05, 0) is 35.9 Å². The van der Waals surface area contributed by atoms with E-state index in [1.54, 1.807) is 6.26 Å². The van der Waals surface area contributed by atoms with Crippen LogP contribution in [0.15, 0.2) is 60.9 Å². The van der Waals surface area contributed by atoms with Crippen molar-refractivity contribution in [1.29, 1.82) is 0 Å². The lowest BCUT2D eigenvalue weighted by molar-refractivity contribution is 0.505. The Labute approximate surface area is 110 Å². The fourth-order valence-electron chi connectivity index (χ4n) is 1.67. The molecule has 1 radical (unpaired) electrons. The van der Waals surface area contributed by atoms with E-state index in [1.165, 1.54) is 11.1 Å². The lowest BCUT2D eigenvalue weighted by Crippen LogP contribution is -2.00. The fraction of sp³-hybridized carbons (Fsp3) is 0.125. The van der Waals surface area contributed by atoms with Crippen LogP contribution in [0.25, 0.3) is 17.2 Å². The number of hydrogen-bond acceptors (Lipinski definition) is 1. The molecular weight excluding hydrogens is 236 g/mol. The predicted octanol–water partition coefficient (Wildman–Crippen LogP) is 4.59. The molecule has 2 aromatic rings. The lowest BCUT2D eigenvalue weighted by atomic mass is 10.0. The molecule has 1 nitrogen and oxygen atoms in total. The van der Waals surface area contributed by atoms with Gasteiger partial charge in [0.2, 0.25) is 0 Å². The summed E-state index contributed by atoms with van der Waals surface area (Å²) in [6, 6.07) is 18.9. The average Bonchev–Trinajstić information content (AvgIpc) is 2.40. The molecule has 0 aromatic heterocycles. The van der Waals surface area contributed by atoms with Gasteiger partial charge in [-0.15, -0.1) is 0 Å². The highest BCUT2D eigenvalue weighted by atomic mass is 28.3. The van der Waals surface area contributed by atoms with Crippen LogP contribution in [0, 0.1) is 0 Å². The maximum Gasteiger partial charge on any atom is 0.273 e. The van der Waals surface area contributed by atoms with Gasteiger partial charge in [-0.2, -0.15) is 0 Å². The van der Waals surface area contributed by atoms with Crippen molar-refractivity contribution in [2.45, 2.75) is 13.1 Å². The smallest absolute Gasteiger partial charge is 0.273 e. The largest absolute Gasteiger partial charge is 0.548 e. The molecule has 0 aliphatic rings. The zero-order chi connectivity index (χ0) is 12.8. The molecule has 91 valence electrons. The minimum absolute atomic E-state index is 0.642. The highest BCUT2D eigenvalue weighted by Crippen LogP contribution is 2.19. The van der Waals surface area contributed by atoms with E-state index in [0.717, 1.165) is 5.56 Å². The fourth-order valence-corrected chi connectivity index (χ4v) is 2.01. The van der Waals surface area contributed by atoms with Crippen LogP contribution in [-0.2, 0) is 4.43 Å². The molecule has 0 heterocycles. The summed E-state index contributed by atoms with van der Waals surface area (Å²) in [7, 11) is -0.642. The van der Waals surface area contributed by atoms with Gasteiger partial charge < -0.3 is 4.43 Å². The van der Waals surface area contributed by atoms with Crippen molar-refractivity contribution in [3.63, 3.8) is 0 Å². The van der Waals surface area contributed by atoms with E-state index in [2.05, 4.69) is 61.6 Å². The first kappa shape index (κ1) is 12.6. The highest BCUT2D eigenvalue weighted by molar-refractivity contribution is 6.48. The maximum atomic E-state index is 5.48. The summed E-state index contributed by atoms with van der Waals surface area (Å²) >= 11 is 0. The van der Waals surface area contributed by atoms with Crippen LogP contribution >= 0.6 is 0 Å². The first-order valence-corrected chi connectivity index (χ1v) is 8.45. The minimum Gasteiger partial charge on any atom is -0.548 e. The molecular formula is C16H17OSi. The molecule has 0 unspecified atom stereocenters. The van der Waals surface area contributed by atoms with Gasteiger partial charge >= 0.3 is 0 Å². The molecule has 18 heavy (non-hydrogen) atoms. The van der Waals surface area contributed by atoms with Gasteiger partial charge in [0.05, 0.1) is 6.26 Å². The summed E-state index contributed by atoms with van der Waals surface area (Å²) in [6.45, 7) is 4.24. The van der Waals surface area contributed by atoms with Crippen molar-refractivity contribution in [2.75, 3.05) is 0 Å². The van der Waals surface area contributed by atoms with Gasteiger partial charge in [0.25, 0.3) is 9.04 Å². The van der Waals surface area contributed by atoms with Gasteiger partial charge in [0.15, 0.2) is 0 Å². The molecule has 0 saturated heterocycles. The predicted molar refractivity (Wildman–Crippen MR) is 79.5 cm³/mol. The standard InChI is InChI=1S/C16H17OSi/c1-18(2)17-13-12-14-8-10-16(11-9-14)15-6-4-3-5-7-15/h3-13H,1-2H3. The van der Waals surface area contributed by atoms with Gasteiger partial charge in [-0.3, -0.25) is 0 Å². The summed E-state index contributed by atoms with van der Waals surface area (Å²) in [5, 5.41) is 0. The Hall–Kier alpha value is -1.80. The van der Waals surface area contributed by atoms with Crippen molar-refractivity contribution >= 4 is 15.1 Å². The normalized spacial score (nSPS) is 11.1. The maximum absolute atomic E-state index is 5.48. The van der Waals surface area contributed by atoms with Crippen molar-refractivity contribution in [2.24, 2.45) is 0 Å². The Balaban J connectivity index is 2.09. The van der Waals surface area contributed by atoms with E-state index >= 15 is 0 Å². The molecule has 2 aromatic carbocycles. The molecule has 0 N–H and O–H groups in total. The van der Waals surface area contributed by atoms with Crippen LogP contribution in [0.5, 0.6) is 0 Å². The zero-order valence-corrected chi connectivity index (χ0v) is 11.8. The Bertz CT molecular complexity index is 500. The van der Waals surface area contributed by atoms with Crippen molar-refractivity contribution in [1.82, 2.24) is 0 Å². The second-order valence-corrected chi connectivity index (χ2v) is 6.37. The van der Waals surface area contributed by atoms with E-state index in [0.29, 0.717) is 0 Å². The minimum atomic E-state index is -0.642. The number of benzene rings is 2. The summed E-state index contributed by atoms with van der Waals surface area (Å²) in [5.41, 5.74) is 3.65. The van der Waals surface area contributed by atoms with E-state index in [-0.39, 0.29) is 0 Å². The summed E-state index contributed by atoms with van der Waals surface area (Å²) < 4.78 is 5.48. The van der Waals surface area contributed by atoms with E-state index in [4.69, 9.17) is 4.43 Å². The third-order valence-electron chi connectivity index (χ3n) is 2.58. The summed E-state index contributed by atoms with van der Waals surface area (Å²) in [4.78, 5) is 0. The highest BCUT2D eigenvalue weighted by Gasteiger charge is 1.96. The quantitative estimate of drug-likeness (QED) is 0.572.